The van der Waals surface area contributed by atoms with Gasteiger partial charge < -0.3 is 15.0 Å². The molecule has 0 bridgehead atoms. The number of hydrogen-bond acceptors (Lipinski definition) is 5. The van der Waals surface area contributed by atoms with E-state index in [1.54, 1.807) is 18.9 Å². The molecule has 0 heterocycles. The summed E-state index contributed by atoms with van der Waals surface area (Å²) in [5.74, 6) is 0.276. The van der Waals surface area contributed by atoms with Crippen molar-refractivity contribution in [1.29, 1.82) is 0 Å². The molecule has 0 fully saturated rings. The van der Waals surface area contributed by atoms with Crippen LogP contribution in [0.25, 0.3) is 0 Å². The molecule has 9 heteroatoms. The second-order valence-corrected chi connectivity index (χ2v) is 11.5. The van der Waals surface area contributed by atoms with Crippen molar-refractivity contribution in [3.63, 3.8) is 0 Å². The Bertz CT molecular complexity index is 1160. The number of hydrogen-bond donors (Lipinski definition) is 1. The molecule has 2 aromatic rings. The fourth-order valence-corrected chi connectivity index (χ4v) is 4.96. The zero-order valence-corrected chi connectivity index (χ0v) is 23.9. The first-order valence-electron chi connectivity index (χ1n) is 12.6. The van der Waals surface area contributed by atoms with Crippen molar-refractivity contribution in [2.75, 3.05) is 24.2 Å². The minimum Gasteiger partial charge on any atom is -0.497 e. The summed E-state index contributed by atoms with van der Waals surface area (Å²) in [5.41, 5.74) is 3.28. The van der Waals surface area contributed by atoms with Crippen LogP contribution in [0.15, 0.2) is 42.5 Å². The van der Waals surface area contributed by atoms with E-state index in [0.717, 1.165) is 23.1 Å². The number of benzene rings is 2. The summed E-state index contributed by atoms with van der Waals surface area (Å²) in [6.45, 7) is 9.83. The first kappa shape index (κ1) is 30.2. The average molecular weight is 532 g/mol. The van der Waals surface area contributed by atoms with Crippen molar-refractivity contribution < 1.29 is 22.7 Å². The first-order valence-corrected chi connectivity index (χ1v) is 14.5. The van der Waals surface area contributed by atoms with Crippen LogP contribution in [-0.2, 0) is 26.2 Å². The fourth-order valence-electron chi connectivity index (χ4n) is 3.95. The highest BCUT2D eigenvalue weighted by molar-refractivity contribution is 7.92. The van der Waals surface area contributed by atoms with Crippen LogP contribution < -0.4 is 14.4 Å². The highest BCUT2D eigenvalue weighted by Crippen LogP contribution is 2.25. The molecular formula is C28H41N3O5S. The van der Waals surface area contributed by atoms with Gasteiger partial charge in [-0.25, -0.2) is 8.42 Å². The van der Waals surface area contributed by atoms with E-state index >= 15 is 0 Å². The Morgan fingerprint density at radius 3 is 2.27 bits per heavy atom. The lowest BCUT2D eigenvalue weighted by atomic mass is 10.1. The third-order valence-corrected chi connectivity index (χ3v) is 7.65. The average Bonchev–Trinajstić information content (AvgIpc) is 2.85. The molecular weight excluding hydrogens is 490 g/mol. The molecule has 0 spiro atoms. The van der Waals surface area contributed by atoms with Gasteiger partial charge in [0.25, 0.3) is 0 Å². The second-order valence-electron chi connectivity index (χ2n) is 9.59. The van der Waals surface area contributed by atoms with Crippen LogP contribution in [-0.4, -0.2) is 57.1 Å². The number of ether oxygens (including phenoxy) is 1. The predicted molar refractivity (Wildman–Crippen MR) is 148 cm³/mol. The number of nitrogens with zero attached hydrogens (tertiary/aromatic N) is 2. The summed E-state index contributed by atoms with van der Waals surface area (Å²) in [5, 5.41) is 2.96. The van der Waals surface area contributed by atoms with Crippen molar-refractivity contribution in [1.82, 2.24) is 10.2 Å². The predicted octanol–water partition coefficient (Wildman–Crippen LogP) is 4.19. The van der Waals surface area contributed by atoms with Crippen molar-refractivity contribution >= 4 is 27.5 Å². The molecule has 0 radical (unpaired) electrons. The van der Waals surface area contributed by atoms with Crippen molar-refractivity contribution in [2.45, 2.75) is 72.5 Å². The van der Waals surface area contributed by atoms with Gasteiger partial charge in [0.15, 0.2) is 0 Å². The maximum absolute atomic E-state index is 13.4. The number of carbonyl (C=O) groups excluding carboxylic acids is 2. The molecule has 2 amide bonds. The number of sulfonamides is 1. The topological polar surface area (TPSA) is 96.0 Å². The first-order chi connectivity index (χ1) is 17.4. The van der Waals surface area contributed by atoms with Gasteiger partial charge in [0.1, 0.15) is 11.8 Å². The monoisotopic (exact) mass is 531 g/mol. The highest BCUT2D eigenvalue weighted by Gasteiger charge is 2.27. The molecule has 2 atom stereocenters. The Balaban J connectivity index is 2.21. The number of carbonyl (C=O) groups is 2. The Hall–Kier alpha value is -3.07. The molecule has 0 aliphatic rings. The van der Waals surface area contributed by atoms with Gasteiger partial charge in [-0.2, -0.15) is 0 Å². The minimum absolute atomic E-state index is 0.00576. The molecule has 0 aliphatic carbocycles. The molecule has 204 valence electrons. The van der Waals surface area contributed by atoms with E-state index in [1.165, 1.54) is 10.6 Å². The van der Waals surface area contributed by atoms with Crippen molar-refractivity contribution in [3.8, 4) is 5.75 Å². The second kappa shape index (κ2) is 13.5. The number of anilines is 1. The lowest BCUT2D eigenvalue weighted by molar-refractivity contribution is -0.140. The van der Waals surface area contributed by atoms with E-state index in [9.17, 15) is 18.0 Å². The molecule has 0 aliphatic heterocycles. The van der Waals surface area contributed by atoms with Crippen LogP contribution >= 0.6 is 0 Å². The van der Waals surface area contributed by atoms with Gasteiger partial charge in [-0.3, -0.25) is 13.9 Å². The number of nitrogens with one attached hydrogen (secondary N) is 1. The zero-order valence-electron chi connectivity index (χ0n) is 23.1. The van der Waals surface area contributed by atoms with Crippen LogP contribution in [0, 0.1) is 13.8 Å². The van der Waals surface area contributed by atoms with Gasteiger partial charge in [-0.1, -0.05) is 31.2 Å². The minimum atomic E-state index is -3.54. The molecule has 0 saturated heterocycles. The van der Waals surface area contributed by atoms with Gasteiger partial charge in [0.2, 0.25) is 21.8 Å². The Morgan fingerprint density at radius 2 is 1.70 bits per heavy atom. The van der Waals surface area contributed by atoms with E-state index in [0.29, 0.717) is 17.9 Å². The molecule has 2 rings (SSSR count). The van der Waals surface area contributed by atoms with Crippen LogP contribution in [0.1, 0.15) is 56.7 Å². The third-order valence-electron chi connectivity index (χ3n) is 6.47. The number of aryl methyl sites for hydroxylation is 2. The normalized spacial score (nSPS) is 12.9. The fraction of sp³-hybridized carbons (Fsp3) is 0.500. The van der Waals surface area contributed by atoms with Gasteiger partial charge in [0, 0.05) is 25.6 Å². The molecule has 37 heavy (non-hydrogen) atoms. The third kappa shape index (κ3) is 8.77. The number of rotatable bonds is 13. The molecule has 0 aromatic heterocycles. The molecule has 2 aromatic carbocycles. The summed E-state index contributed by atoms with van der Waals surface area (Å²) < 4.78 is 31.8. The van der Waals surface area contributed by atoms with E-state index in [1.807, 2.05) is 70.2 Å². The van der Waals surface area contributed by atoms with Gasteiger partial charge in [0.05, 0.1) is 19.1 Å². The van der Waals surface area contributed by atoms with Crippen molar-refractivity contribution in [2.24, 2.45) is 0 Å². The Kier molecular flexibility index (Phi) is 11.0. The Morgan fingerprint density at radius 1 is 1.05 bits per heavy atom. The number of methoxy groups -OCH3 is 1. The van der Waals surface area contributed by atoms with Crippen LogP contribution in [0.5, 0.6) is 5.75 Å². The van der Waals surface area contributed by atoms with E-state index in [-0.39, 0.29) is 37.4 Å². The van der Waals surface area contributed by atoms with E-state index in [4.69, 9.17) is 4.74 Å². The summed E-state index contributed by atoms with van der Waals surface area (Å²) in [6, 6.07) is 12.3. The van der Waals surface area contributed by atoms with Gasteiger partial charge in [-0.05, 0) is 75.4 Å². The summed E-state index contributed by atoms with van der Waals surface area (Å²) in [6.07, 6.45) is 2.38. The number of amides is 2. The largest absolute Gasteiger partial charge is 0.497 e. The quantitative estimate of drug-likeness (QED) is 0.418. The highest BCUT2D eigenvalue weighted by atomic mass is 32.2. The molecule has 8 nitrogen and oxygen atoms in total. The van der Waals surface area contributed by atoms with Crippen LogP contribution in [0.3, 0.4) is 0 Å². The maximum atomic E-state index is 13.4. The maximum Gasteiger partial charge on any atom is 0.242 e. The van der Waals surface area contributed by atoms with Gasteiger partial charge in [-0.15, -0.1) is 0 Å². The smallest absolute Gasteiger partial charge is 0.242 e. The standard InChI is InChI=1S/C28H41N3O5S/c1-8-22(4)29-28(33)23(5)30(19-24-13-15-25(36-6)16-14-24)27(32)10-9-17-31(37(7,34)35)26-18-20(2)11-12-21(26)3/h11-16,18,22-23H,8-10,17,19H2,1-7H3,(H,29,33)/t22-,23-/m0/s1. The SMILES string of the molecule is CC[C@H](C)NC(=O)[C@H](C)N(Cc1ccc(OC)cc1)C(=O)CCCN(c1cc(C)ccc1C)S(C)(=O)=O. The summed E-state index contributed by atoms with van der Waals surface area (Å²) in [4.78, 5) is 27.9. The molecule has 1 N–H and O–H groups in total. The van der Waals surface area contributed by atoms with Crippen LogP contribution in [0.2, 0.25) is 0 Å². The lowest BCUT2D eigenvalue weighted by Gasteiger charge is -2.30. The summed E-state index contributed by atoms with van der Waals surface area (Å²) in [7, 11) is -1.96. The van der Waals surface area contributed by atoms with E-state index in [2.05, 4.69) is 5.32 Å². The van der Waals surface area contributed by atoms with Crippen LogP contribution in [0.4, 0.5) is 5.69 Å². The Labute approximate surface area is 222 Å². The molecule has 0 saturated carbocycles. The zero-order chi connectivity index (χ0) is 27.8. The summed E-state index contributed by atoms with van der Waals surface area (Å²) >= 11 is 0. The lowest BCUT2D eigenvalue weighted by Crippen LogP contribution is -2.49. The molecule has 0 unspecified atom stereocenters. The van der Waals surface area contributed by atoms with Crippen molar-refractivity contribution in [3.05, 3.63) is 59.2 Å². The van der Waals surface area contributed by atoms with Gasteiger partial charge >= 0.3 is 0 Å². The van der Waals surface area contributed by atoms with E-state index < -0.39 is 16.1 Å².